The predicted octanol–water partition coefficient (Wildman–Crippen LogP) is 5.26. The molecule has 0 bridgehead atoms. The molecule has 1 aromatic rings. The van der Waals surface area contributed by atoms with Gasteiger partial charge >= 0.3 is 0 Å². The van der Waals surface area contributed by atoms with Crippen molar-refractivity contribution >= 4 is 12.4 Å². The van der Waals surface area contributed by atoms with Crippen LogP contribution in [0.1, 0.15) is 75.7 Å². The molecule has 26 heavy (non-hydrogen) atoms. The number of phenols is 3. The van der Waals surface area contributed by atoms with E-state index in [4.69, 9.17) is 0 Å². The van der Waals surface area contributed by atoms with Gasteiger partial charge in [0, 0.05) is 5.56 Å². The molecule has 0 heterocycles. The number of hydrogen-bond acceptors (Lipinski definition) is 4. The van der Waals surface area contributed by atoms with Crippen LogP contribution in [0.5, 0.6) is 17.2 Å². The van der Waals surface area contributed by atoms with Gasteiger partial charge < -0.3 is 15.3 Å². The van der Waals surface area contributed by atoms with E-state index < -0.39 is 5.75 Å². The van der Waals surface area contributed by atoms with Crippen molar-refractivity contribution < 1.29 is 20.1 Å². The Hall–Kier alpha value is -1.97. The molecule has 0 aliphatic heterocycles. The monoisotopic (exact) mass is 358 g/mol. The van der Waals surface area contributed by atoms with Gasteiger partial charge in [0.25, 0.3) is 0 Å². The Bertz CT molecular complexity index is 762. The largest absolute Gasteiger partial charge is 0.506 e. The van der Waals surface area contributed by atoms with Crippen molar-refractivity contribution in [2.45, 2.75) is 59.8 Å². The van der Waals surface area contributed by atoms with E-state index in [1.54, 1.807) is 0 Å². The molecule has 0 saturated heterocycles. The molecule has 2 aliphatic carbocycles. The predicted molar refractivity (Wildman–Crippen MR) is 102 cm³/mol. The Morgan fingerprint density at radius 1 is 1.08 bits per heavy atom. The fraction of sp³-hybridized carbons (Fsp3) is 0.591. The molecule has 2 aliphatic rings. The van der Waals surface area contributed by atoms with E-state index in [1.165, 1.54) is 30.9 Å². The first-order valence-corrected chi connectivity index (χ1v) is 9.57. The fourth-order valence-corrected chi connectivity index (χ4v) is 5.70. The Balaban J connectivity index is 2.15. The first-order chi connectivity index (χ1) is 12.1. The number of aromatic hydroxyl groups is 3. The molecule has 3 N–H and O–H groups in total. The van der Waals surface area contributed by atoms with E-state index >= 15 is 0 Å². The summed E-state index contributed by atoms with van der Waals surface area (Å²) in [5.41, 5.74) is 1.74. The van der Waals surface area contributed by atoms with E-state index in [1.807, 2.05) is 6.08 Å². The number of benzene rings is 1. The quantitative estimate of drug-likeness (QED) is 0.383. The summed E-state index contributed by atoms with van der Waals surface area (Å²) in [6.07, 6.45) is 8.15. The zero-order valence-electron chi connectivity index (χ0n) is 16.2. The average molecular weight is 358 g/mol. The van der Waals surface area contributed by atoms with Gasteiger partial charge in [0.1, 0.15) is 11.3 Å². The van der Waals surface area contributed by atoms with Gasteiger partial charge in [0.15, 0.2) is 17.8 Å². The highest BCUT2D eigenvalue weighted by Gasteiger charge is 2.51. The van der Waals surface area contributed by atoms with Crippen LogP contribution in [0.3, 0.4) is 0 Å². The third-order valence-electron chi connectivity index (χ3n) is 7.06. The summed E-state index contributed by atoms with van der Waals surface area (Å²) in [6.45, 7) is 9.26. The van der Waals surface area contributed by atoms with Crippen LogP contribution in [-0.4, -0.2) is 21.6 Å². The number of aldehydes is 1. The highest BCUT2D eigenvalue weighted by molar-refractivity contribution is 5.88. The Morgan fingerprint density at radius 3 is 2.42 bits per heavy atom. The zero-order chi connectivity index (χ0) is 19.3. The summed E-state index contributed by atoms with van der Waals surface area (Å²) < 4.78 is 0. The van der Waals surface area contributed by atoms with Crippen molar-refractivity contribution in [2.75, 3.05) is 0 Å². The first kappa shape index (κ1) is 18.8. The Morgan fingerprint density at radius 2 is 1.77 bits per heavy atom. The number of rotatable bonds is 2. The molecule has 4 heteroatoms. The van der Waals surface area contributed by atoms with Crippen LogP contribution in [-0.2, 0) is 0 Å². The van der Waals surface area contributed by atoms with E-state index in [2.05, 4.69) is 27.7 Å². The third-order valence-corrected chi connectivity index (χ3v) is 7.06. The molecular formula is C22H30O4. The topological polar surface area (TPSA) is 77.8 Å². The first-order valence-electron chi connectivity index (χ1n) is 9.57. The lowest BCUT2D eigenvalue weighted by Gasteiger charge is -2.56. The summed E-state index contributed by atoms with van der Waals surface area (Å²) >= 11 is 0. The molecule has 3 atom stereocenters. The highest BCUT2D eigenvalue weighted by Crippen LogP contribution is 2.61. The van der Waals surface area contributed by atoms with Crippen molar-refractivity contribution in [3.05, 3.63) is 22.8 Å². The number of hydrogen-bond donors (Lipinski definition) is 3. The van der Waals surface area contributed by atoms with E-state index in [0.717, 1.165) is 12.8 Å². The summed E-state index contributed by atoms with van der Waals surface area (Å²) in [7, 11) is 0. The lowest BCUT2D eigenvalue weighted by atomic mass is 9.48. The summed E-state index contributed by atoms with van der Waals surface area (Å²) in [4.78, 5) is 11.2. The molecule has 142 valence electrons. The van der Waals surface area contributed by atoms with Gasteiger partial charge in [0.05, 0.1) is 0 Å². The number of phenolic OH excluding ortho intramolecular Hbond substituents is 3. The van der Waals surface area contributed by atoms with Crippen LogP contribution in [0.2, 0.25) is 0 Å². The number of allylic oxidation sites excluding steroid dienone is 1. The number of carbonyl (C=O) groups is 1. The molecule has 1 aromatic carbocycles. The molecule has 0 unspecified atom stereocenters. The van der Waals surface area contributed by atoms with Gasteiger partial charge in [0.2, 0.25) is 0 Å². The van der Waals surface area contributed by atoms with Crippen molar-refractivity contribution in [3.63, 3.8) is 0 Å². The van der Waals surface area contributed by atoms with E-state index in [9.17, 15) is 20.1 Å². The number of carbonyl (C=O) groups excluding carboxylic acids is 1. The SMILES string of the molecule is C[C@H]1CC[C@H]2C(C)(C)CCC[C@]2(C)C1=Cc1cc(O)c(O)c(C=O)c1O. The maximum Gasteiger partial charge on any atom is 0.171 e. The molecule has 0 spiro atoms. The van der Waals surface area contributed by atoms with Gasteiger partial charge in [-0.1, -0.05) is 45.8 Å². The second kappa shape index (κ2) is 6.33. The maximum atomic E-state index is 11.2. The van der Waals surface area contributed by atoms with E-state index in [-0.39, 0.29) is 27.9 Å². The Kier molecular flexibility index (Phi) is 4.58. The maximum absolute atomic E-state index is 11.2. The van der Waals surface area contributed by atoms with E-state index in [0.29, 0.717) is 23.7 Å². The van der Waals surface area contributed by atoms with Crippen molar-refractivity contribution in [2.24, 2.45) is 22.7 Å². The third kappa shape index (κ3) is 2.80. The molecule has 3 rings (SSSR count). The standard InChI is InChI=1S/C22H30O4/c1-13-6-7-18-21(2,3)8-5-9-22(18,4)16(13)10-14-11-17(24)20(26)15(12-23)19(14)25/h10-13,18,24-26H,5-9H2,1-4H3/t13-,18-,22+/m0/s1. The van der Waals surface area contributed by atoms with Gasteiger partial charge in [-0.2, -0.15) is 0 Å². The average Bonchev–Trinajstić information content (AvgIpc) is 2.55. The van der Waals surface area contributed by atoms with Gasteiger partial charge in [-0.15, -0.1) is 0 Å². The lowest BCUT2D eigenvalue weighted by Crippen LogP contribution is -2.47. The van der Waals surface area contributed by atoms with Crippen LogP contribution >= 0.6 is 0 Å². The Labute approximate surface area is 155 Å². The minimum absolute atomic E-state index is 0.0424. The van der Waals surface area contributed by atoms with Gasteiger partial charge in [-0.25, -0.2) is 0 Å². The molecule has 2 saturated carbocycles. The molecule has 2 fully saturated rings. The molecular weight excluding hydrogens is 328 g/mol. The van der Waals surface area contributed by atoms with Crippen LogP contribution in [0.25, 0.3) is 6.08 Å². The van der Waals surface area contributed by atoms with Crippen molar-refractivity contribution in [3.8, 4) is 17.2 Å². The second-order valence-electron chi connectivity index (χ2n) is 9.10. The molecule has 4 nitrogen and oxygen atoms in total. The summed E-state index contributed by atoms with van der Waals surface area (Å²) in [5.74, 6) is -0.273. The molecule has 0 aromatic heterocycles. The van der Waals surface area contributed by atoms with Crippen molar-refractivity contribution in [1.82, 2.24) is 0 Å². The van der Waals surface area contributed by atoms with Crippen LogP contribution in [0, 0.1) is 22.7 Å². The molecule has 0 amide bonds. The van der Waals surface area contributed by atoms with Crippen molar-refractivity contribution in [1.29, 1.82) is 0 Å². The highest BCUT2D eigenvalue weighted by atomic mass is 16.3. The van der Waals surface area contributed by atoms with Crippen LogP contribution in [0.15, 0.2) is 11.6 Å². The van der Waals surface area contributed by atoms with Crippen LogP contribution < -0.4 is 0 Å². The second-order valence-corrected chi connectivity index (χ2v) is 9.10. The van der Waals surface area contributed by atoms with Crippen LogP contribution in [0.4, 0.5) is 0 Å². The van der Waals surface area contributed by atoms with Gasteiger partial charge in [-0.05, 0) is 54.4 Å². The smallest absolute Gasteiger partial charge is 0.171 e. The minimum atomic E-state index is -0.570. The molecule has 0 radical (unpaired) electrons. The fourth-order valence-electron chi connectivity index (χ4n) is 5.70. The van der Waals surface area contributed by atoms with Gasteiger partial charge in [-0.3, -0.25) is 4.79 Å². The zero-order valence-corrected chi connectivity index (χ0v) is 16.2. The summed E-state index contributed by atoms with van der Waals surface area (Å²) in [6, 6.07) is 1.35. The number of fused-ring (bicyclic) bond motifs is 1. The summed E-state index contributed by atoms with van der Waals surface area (Å²) in [5, 5.41) is 30.2. The minimum Gasteiger partial charge on any atom is -0.506 e. The normalized spacial score (nSPS) is 32.2. The lowest BCUT2D eigenvalue weighted by molar-refractivity contribution is -0.00534.